The van der Waals surface area contributed by atoms with Crippen LogP contribution in [0.2, 0.25) is 0 Å². The Morgan fingerprint density at radius 3 is 1.97 bits per heavy atom. The summed E-state index contributed by atoms with van der Waals surface area (Å²) in [5.41, 5.74) is 4.38. The molecule has 0 N–H and O–H groups in total. The van der Waals surface area contributed by atoms with Gasteiger partial charge >= 0.3 is 0 Å². The Labute approximate surface area is 221 Å². The number of benzene rings is 7. The molecule has 0 unspecified atom stereocenters. The van der Waals surface area contributed by atoms with Crippen LogP contribution in [0.3, 0.4) is 0 Å². The van der Waals surface area contributed by atoms with Crippen LogP contribution in [0, 0.1) is 0 Å². The standard InChI is InChI=1S/C36H22O/c1-2-7-28(8-3-1)36-35(31-11-4-5-12-32(31)37-36)27-15-13-23(14-16-27)29-21-19-26-18-17-24-9-6-10-25-20-22-30(29)34(26)33(24)25/h1-22H/i1D,2D,3D,7D,8D. The molecule has 0 aliphatic rings. The van der Waals surface area contributed by atoms with E-state index in [0.717, 1.165) is 22.1 Å². The number of rotatable bonds is 3. The second kappa shape index (κ2) is 7.81. The fourth-order valence-corrected chi connectivity index (χ4v) is 5.68. The summed E-state index contributed by atoms with van der Waals surface area (Å²) >= 11 is 0. The van der Waals surface area contributed by atoms with E-state index in [4.69, 9.17) is 11.3 Å². The van der Waals surface area contributed by atoms with E-state index in [1.165, 1.54) is 32.3 Å². The molecule has 1 heterocycles. The molecule has 172 valence electrons. The van der Waals surface area contributed by atoms with E-state index in [9.17, 15) is 0 Å². The zero-order chi connectivity index (χ0) is 28.7. The fourth-order valence-electron chi connectivity index (χ4n) is 5.68. The molecule has 0 spiro atoms. The zero-order valence-corrected chi connectivity index (χ0v) is 19.7. The Hall–Kier alpha value is -4.88. The first-order valence-corrected chi connectivity index (χ1v) is 12.3. The molecule has 8 aromatic rings. The van der Waals surface area contributed by atoms with Crippen LogP contribution in [-0.4, -0.2) is 0 Å². The van der Waals surface area contributed by atoms with Crippen molar-refractivity contribution in [3.8, 4) is 33.6 Å². The van der Waals surface area contributed by atoms with Gasteiger partial charge in [0.05, 0.1) is 6.85 Å². The smallest absolute Gasteiger partial charge is 0.143 e. The van der Waals surface area contributed by atoms with E-state index in [2.05, 4.69) is 66.7 Å². The summed E-state index contributed by atoms with van der Waals surface area (Å²) < 4.78 is 47.8. The van der Waals surface area contributed by atoms with E-state index in [1.807, 2.05) is 36.4 Å². The third-order valence-corrected chi connectivity index (χ3v) is 7.34. The van der Waals surface area contributed by atoms with Gasteiger partial charge in [-0.05, 0) is 55.1 Å². The third-order valence-electron chi connectivity index (χ3n) is 7.34. The number of fused-ring (bicyclic) bond motifs is 1. The van der Waals surface area contributed by atoms with Gasteiger partial charge in [0.2, 0.25) is 0 Å². The molecule has 0 saturated carbocycles. The van der Waals surface area contributed by atoms with E-state index in [1.54, 1.807) is 0 Å². The Morgan fingerprint density at radius 2 is 1.16 bits per heavy atom. The van der Waals surface area contributed by atoms with Gasteiger partial charge in [0.15, 0.2) is 0 Å². The number of para-hydroxylation sites is 1. The maximum atomic E-state index is 8.59. The first-order valence-electron chi connectivity index (χ1n) is 14.8. The minimum atomic E-state index is -0.427. The summed E-state index contributed by atoms with van der Waals surface area (Å²) in [6.45, 7) is 0. The minimum absolute atomic E-state index is 0.0584. The van der Waals surface area contributed by atoms with Crippen molar-refractivity contribution in [3.05, 3.63) is 133 Å². The van der Waals surface area contributed by atoms with Crippen molar-refractivity contribution >= 4 is 43.3 Å². The molecule has 0 fully saturated rings. The number of hydrogen-bond donors (Lipinski definition) is 0. The summed E-state index contributed by atoms with van der Waals surface area (Å²) in [5.74, 6) is 0.267. The Balaban J connectivity index is 1.33. The van der Waals surface area contributed by atoms with Gasteiger partial charge in [-0.3, -0.25) is 0 Å². The second-order valence-corrected chi connectivity index (χ2v) is 9.35. The largest absolute Gasteiger partial charge is 0.455 e. The van der Waals surface area contributed by atoms with Gasteiger partial charge in [-0.2, -0.15) is 0 Å². The number of furan rings is 1. The quantitative estimate of drug-likeness (QED) is 0.232. The van der Waals surface area contributed by atoms with Crippen molar-refractivity contribution in [2.24, 2.45) is 0 Å². The Bertz CT molecular complexity index is 2310. The first kappa shape index (κ1) is 16.0. The average Bonchev–Trinajstić information content (AvgIpc) is 3.41. The van der Waals surface area contributed by atoms with Crippen LogP contribution >= 0.6 is 0 Å². The molecule has 37 heavy (non-hydrogen) atoms. The van der Waals surface area contributed by atoms with E-state index < -0.39 is 6.04 Å². The predicted octanol–water partition coefficient (Wildman–Crippen LogP) is 10.3. The van der Waals surface area contributed by atoms with Crippen LogP contribution in [-0.2, 0) is 0 Å². The van der Waals surface area contributed by atoms with Crippen molar-refractivity contribution in [1.29, 1.82) is 0 Å². The summed E-state index contributed by atoms with van der Waals surface area (Å²) in [5, 5.41) is 8.21. The minimum Gasteiger partial charge on any atom is -0.455 e. The topological polar surface area (TPSA) is 13.1 Å². The molecule has 0 aliphatic heterocycles. The van der Waals surface area contributed by atoms with E-state index in [-0.39, 0.29) is 35.5 Å². The van der Waals surface area contributed by atoms with Crippen molar-refractivity contribution in [1.82, 2.24) is 0 Å². The molecule has 0 aliphatic carbocycles. The monoisotopic (exact) mass is 475 g/mol. The highest BCUT2D eigenvalue weighted by molar-refractivity contribution is 6.25. The van der Waals surface area contributed by atoms with Crippen molar-refractivity contribution < 1.29 is 11.3 Å². The van der Waals surface area contributed by atoms with Crippen molar-refractivity contribution in [3.63, 3.8) is 0 Å². The fraction of sp³-hybridized carbons (Fsp3) is 0. The predicted molar refractivity (Wildman–Crippen MR) is 156 cm³/mol. The van der Waals surface area contributed by atoms with Crippen LogP contribution in [0.5, 0.6) is 0 Å². The molecular weight excluding hydrogens is 448 g/mol. The third kappa shape index (κ3) is 3.04. The highest BCUT2D eigenvalue weighted by Crippen LogP contribution is 2.43. The lowest BCUT2D eigenvalue weighted by molar-refractivity contribution is 0.632. The molecule has 0 amide bonds. The van der Waals surface area contributed by atoms with Crippen LogP contribution in [0.15, 0.2) is 138 Å². The molecule has 0 radical (unpaired) electrons. The molecule has 1 aromatic heterocycles. The summed E-state index contributed by atoms with van der Waals surface area (Å²) in [6.07, 6.45) is 0. The number of hydrogen-bond acceptors (Lipinski definition) is 1. The second-order valence-electron chi connectivity index (χ2n) is 9.35. The van der Waals surface area contributed by atoms with Gasteiger partial charge in [-0.25, -0.2) is 0 Å². The van der Waals surface area contributed by atoms with E-state index >= 15 is 0 Å². The van der Waals surface area contributed by atoms with Crippen LogP contribution in [0.1, 0.15) is 6.85 Å². The molecule has 1 heteroatoms. The first-order chi connectivity index (χ1) is 20.4. The molecule has 8 rings (SSSR count). The maximum absolute atomic E-state index is 8.59. The highest BCUT2D eigenvalue weighted by atomic mass is 16.3. The summed E-state index contributed by atoms with van der Waals surface area (Å²) in [7, 11) is 0. The van der Waals surface area contributed by atoms with Crippen LogP contribution in [0.25, 0.3) is 76.9 Å². The molecule has 0 atom stereocenters. The molecule has 0 bridgehead atoms. The zero-order valence-electron chi connectivity index (χ0n) is 24.7. The van der Waals surface area contributed by atoms with Gasteiger partial charge in [-0.1, -0.05) is 127 Å². The normalized spacial score (nSPS) is 13.7. The SMILES string of the molecule is [2H]c1c([2H])c([2H])c(-c2oc3ccccc3c2-c2ccc(-c3ccc4ccc5cccc6ccc3c4c56)cc2)c([2H])c1[2H]. The van der Waals surface area contributed by atoms with Crippen molar-refractivity contribution in [2.75, 3.05) is 0 Å². The molecule has 0 saturated heterocycles. The van der Waals surface area contributed by atoms with Crippen LogP contribution in [0.4, 0.5) is 0 Å². The lowest BCUT2D eigenvalue weighted by atomic mass is 9.89. The highest BCUT2D eigenvalue weighted by Gasteiger charge is 2.18. The van der Waals surface area contributed by atoms with Gasteiger partial charge < -0.3 is 4.42 Å². The van der Waals surface area contributed by atoms with Gasteiger partial charge in [0.25, 0.3) is 0 Å². The summed E-state index contributed by atoms with van der Waals surface area (Å²) in [6, 6.07) is 33.5. The van der Waals surface area contributed by atoms with Gasteiger partial charge in [0.1, 0.15) is 11.3 Å². The lowest BCUT2D eigenvalue weighted by Gasteiger charge is -2.14. The Morgan fingerprint density at radius 1 is 0.486 bits per heavy atom. The summed E-state index contributed by atoms with van der Waals surface area (Å²) in [4.78, 5) is 0. The van der Waals surface area contributed by atoms with Gasteiger partial charge in [-0.15, -0.1) is 0 Å². The van der Waals surface area contributed by atoms with Gasteiger partial charge in [0, 0.05) is 16.5 Å². The van der Waals surface area contributed by atoms with Crippen LogP contribution < -0.4 is 0 Å². The molecular formula is C36H22O. The molecule has 1 nitrogen and oxygen atoms in total. The van der Waals surface area contributed by atoms with Crippen molar-refractivity contribution in [2.45, 2.75) is 0 Å². The Kier molecular flexibility index (Phi) is 3.37. The maximum Gasteiger partial charge on any atom is 0.143 e. The average molecular weight is 476 g/mol. The molecule has 7 aromatic carbocycles. The van der Waals surface area contributed by atoms with E-state index in [0.29, 0.717) is 11.1 Å². The lowest BCUT2D eigenvalue weighted by Crippen LogP contribution is -1.87.